The average Bonchev–Trinajstić information content (AvgIpc) is 2.84. The molecule has 2 aromatic rings. The molecular weight excluding hydrogens is 510 g/mol. The van der Waals surface area contributed by atoms with E-state index >= 15 is 0 Å². The first-order valence-corrected chi connectivity index (χ1v) is 14.5. The lowest BCUT2D eigenvalue weighted by molar-refractivity contribution is -0.114. The number of hydrogen-bond acceptors (Lipinski definition) is 8. The summed E-state index contributed by atoms with van der Waals surface area (Å²) in [6.07, 6.45) is 0.950. The molecule has 0 radical (unpaired) electrons. The Balaban J connectivity index is 1.79. The van der Waals surface area contributed by atoms with Crippen LogP contribution in [0.25, 0.3) is 0 Å². The molecule has 0 unspecified atom stereocenters. The molecule has 0 saturated carbocycles. The molecule has 2 aromatic carbocycles. The number of sulfonamides is 2. The van der Waals surface area contributed by atoms with Crippen LogP contribution in [0.15, 0.2) is 47.4 Å². The van der Waals surface area contributed by atoms with Crippen molar-refractivity contribution in [2.45, 2.75) is 18.7 Å². The second-order valence-corrected chi connectivity index (χ2v) is 11.9. The molecule has 0 spiro atoms. The molecule has 0 atom stereocenters. The van der Waals surface area contributed by atoms with Gasteiger partial charge < -0.3 is 14.8 Å². The van der Waals surface area contributed by atoms with E-state index < -0.39 is 38.5 Å². The van der Waals surface area contributed by atoms with Crippen LogP contribution in [0.3, 0.4) is 0 Å². The molecule has 1 aliphatic rings. The zero-order chi connectivity index (χ0) is 26.5. The van der Waals surface area contributed by atoms with E-state index in [1.165, 1.54) is 28.6 Å². The van der Waals surface area contributed by atoms with E-state index in [4.69, 9.17) is 9.47 Å². The van der Waals surface area contributed by atoms with E-state index in [1.807, 2.05) is 0 Å². The van der Waals surface area contributed by atoms with Gasteiger partial charge in [0.25, 0.3) is 0 Å². The molecule has 13 heteroatoms. The number of carbonyl (C=O) groups is 2. The SMILES string of the molecule is CCOC(=O)c1cccc(NC(=O)CN(c2ccc(S(=O)(=O)N3CCOCC3)cc2)S(C)(=O)=O)c1C. The lowest BCUT2D eigenvalue weighted by atomic mass is 10.1. The Kier molecular flexibility index (Phi) is 8.71. The molecule has 36 heavy (non-hydrogen) atoms. The van der Waals surface area contributed by atoms with Crippen molar-refractivity contribution in [2.24, 2.45) is 0 Å². The lowest BCUT2D eigenvalue weighted by Crippen LogP contribution is -2.40. The van der Waals surface area contributed by atoms with Crippen LogP contribution in [0.2, 0.25) is 0 Å². The predicted molar refractivity (Wildman–Crippen MR) is 134 cm³/mol. The van der Waals surface area contributed by atoms with Gasteiger partial charge >= 0.3 is 5.97 Å². The Morgan fingerprint density at radius 3 is 2.28 bits per heavy atom. The minimum Gasteiger partial charge on any atom is -0.462 e. The number of ether oxygens (including phenoxy) is 2. The number of esters is 1. The van der Waals surface area contributed by atoms with Crippen molar-refractivity contribution in [2.75, 3.05) is 55.3 Å². The van der Waals surface area contributed by atoms with Gasteiger partial charge in [-0.3, -0.25) is 9.10 Å². The Hall–Kier alpha value is -3.00. The number of nitrogens with zero attached hydrogens (tertiary/aromatic N) is 2. The Morgan fingerprint density at radius 1 is 1.06 bits per heavy atom. The number of hydrogen-bond donors (Lipinski definition) is 1. The van der Waals surface area contributed by atoms with Crippen LogP contribution in [0, 0.1) is 6.92 Å². The van der Waals surface area contributed by atoms with E-state index in [1.54, 1.807) is 32.0 Å². The average molecular weight is 540 g/mol. The first kappa shape index (κ1) is 27.6. The van der Waals surface area contributed by atoms with Gasteiger partial charge in [-0.05, 0) is 55.8 Å². The van der Waals surface area contributed by atoms with E-state index in [2.05, 4.69) is 5.32 Å². The number of amides is 1. The van der Waals surface area contributed by atoms with Crippen molar-refractivity contribution in [3.05, 3.63) is 53.6 Å². The zero-order valence-electron chi connectivity index (χ0n) is 20.3. The summed E-state index contributed by atoms with van der Waals surface area (Å²) in [4.78, 5) is 24.9. The van der Waals surface area contributed by atoms with E-state index in [-0.39, 0.29) is 35.8 Å². The third-order valence-electron chi connectivity index (χ3n) is 5.52. The van der Waals surface area contributed by atoms with Crippen molar-refractivity contribution in [3.8, 4) is 0 Å². The second-order valence-electron chi connectivity index (χ2n) is 8.03. The molecule has 0 bridgehead atoms. The van der Waals surface area contributed by atoms with Crippen molar-refractivity contribution in [3.63, 3.8) is 0 Å². The third kappa shape index (κ3) is 6.40. The van der Waals surface area contributed by atoms with Crippen molar-refractivity contribution >= 4 is 43.3 Å². The Labute approximate surface area is 211 Å². The largest absolute Gasteiger partial charge is 0.462 e. The minimum absolute atomic E-state index is 0.0115. The van der Waals surface area contributed by atoms with E-state index in [0.29, 0.717) is 24.5 Å². The van der Waals surface area contributed by atoms with Crippen molar-refractivity contribution < 1.29 is 35.9 Å². The molecule has 1 saturated heterocycles. The van der Waals surface area contributed by atoms with Gasteiger partial charge in [-0.15, -0.1) is 0 Å². The van der Waals surface area contributed by atoms with E-state index in [0.717, 1.165) is 10.6 Å². The fourth-order valence-electron chi connectivity index (χ4n) is 3.64. The molecule has 1 aliphatic heterocycles. The lowest BCUT2D eigenvalue weighted by Gasteiger charge is -2.26. The first-order chi connectivity index (χ1) is 16.9. The highest BCUT2D eigenvalue weighted by Crippen LogP contribution is 2.24. The maximum absolute atomic E-state index is 12.8. The van der Waals surface area contributed by atoms with Gasteiger partial charge in [-0.1, -0.05) is 6.07 Å². The molecule has 1 fully saturated rings. The van der Waals surface area contributed by atoms with Crippen LogP contribution in [0.4, 0.5) is 11.4 Å². The number of benzene rings is 2. The van der Waals surface area contributed by atoms with Crippen molar-refractivity contribution in [1.82, 2.24) is 4.31 Å². The van der Waals surface area contributed by atoms with Gasteiger partial charge in [-0.25, -0.2) is 21.6 Å². The molecule has 1 N–H and O–H groups in total. The Bertz CT molecular complexity index is 1320. The monoisotopic (exact) mass is 539 g/mol. The fraction of sp³-hybridized carbons (Fsp3) is 0.391. The molecular formula is C23H29N3O8S2. The molecule has 196 valence electrons. The van der Waals surface area contributed by atoms with Crippen LogP contribution >= 0.6 is 0 Å². The van der Waals surface area contributed by atoms with Crippen LogP contribution in [0.5, 0.6) is 0 Å². The highest BCUT2D eigenvalue weighted by molar-refractivity contribution is 7.92. The summed E-state index contributed by atoms with van der Waals surface area (Å²) in [7, 11) is -7.65. The van der Waals surface area contributed by atoms with Gasteiger partial charge in [-0.2, -0.15) is 4.31 Å². The number of nitrogens with one attached hydrogen (secondary N) is 1. The molecule has 0 aromatic heterocycles. The summed E-state index contributed by atoms with van der Waals surface area (Å²) in [6, 6.07) is 10.0. The molecule has 11 nitrogen and oxygen atoms in total. The summed E-state index contributed by atoms with van der Waals surface area (Å²) in [6.45, 7) is 4.04. The summed E-state index contributed by atoms with van der Waals surface area (Å²) in [5.41, 5.74) is 1.23. The van der Waals surface area contributed by atoms with Gasteiger partial charge in [0.15, 0.2) is 0 Å². The summed E-state index contributed by atoms with van der Waals surface area (Å²) >= 11 is 0. The normalized spacial score (nSPS) is 14.8. The van der Waals surface area contributed by atoms with Crippen LogP contribution in [-0.4, -0.2) is 78.7 Å². The van der Waals surface area contributed by atoms with Gasteiger partial charge in [0, 0.05) is 18.8 Å². The van der Waals surface area contributed by atoms with Gasteiger partial charge in [0.2, 0.25) is 26.0 Å². The van der Waals surface area contributed by atoms with Crippen LogP contribution in [-0.2, 0) is 34.3 Å². The van der Waals surface area contributed by atoms with E-state index in [9.17, 15) is 26.4 Å². The third-order valence-corrected chi connectivity index (χ3v) is 8.58. The topological polar surface area (TPSA) is 139 Å². The number of morpholine rings is 1. The smallest absolute Gasteiger partial charge is 0.338 e. The maximum Gasteiger partial charge on any atom is 0.338 e. The molecule has 1 heterocycles. The highest BCUT2D eigenvalue weighted by Gasteiger charge is 2.27. The van der Waals surface area contributed by atoms with Gasteiger partial charge in [0.1, 0.15) is 6.54 Å². The van der Waals surface area contributed by atoms with Crippen molar-refractivity contribution in [1.29, 1.82) is 0 Å². The maximum atomic E-state index is 12.8. The fourth-order valence-corrected chi connectivity index (χ4v) is 5.91. The number of rotatable bonds is 9. The highest BCUT2D eigenvalue weighted by atomic mass is 32.2. The zero-order valence-corrected chi connectivity index (χ0v) is 21.9. The van der Waals surface area contributed by atoms with Gasteiger partial charge in [0.05, 0.1) is 42.2 Å². The summed E-state index contributed by atoms with van der Waals surface area (Å²) < 4.78 is 63.0. The molecule has 0 aliphatic carbocycles. The first-order valence-electron chi connectivity index (χ1n) is 11.2. The molecule has 3 rings (SSSR count). The summed E-state index contributed by atoms with van der Waals surface area (Å²) in [5, 5.41) is 2.63. The number of anilines is 2. The minimum atomic E-state index is -3.89. The van der Waals surface area contributed by atoms with Crippen LogP contribution < -0.4 is 9.62 Å². The number of carbonyl (C=O) groups excluding carboxylic acids is 2. The second kappa shape index (κ2) is 11.4. The molecule has 1 amide bonds. The van der Waals surface area contributed by atoms with Crippen LogP contribution in [0.1, 0.15) is 22.8 Å². The Morgan fingerprint density at radius 2 is 1.69 bits per heavy atom. The predicted octanol–water partition coefficient (Wildman–Crippen LogP) is 1.60. The summed E-state index contributed by atoms with van der Waals surface area (Å²) in [5.74, 6) is -1.18. The quantitative estimate of drug-likeness (QED) is 0.474. The standard InChI is InChI=1S/C23H29N3O8S2/c1-4-34-23(28)20-6-5-7-21(17(20)2)24-22(27)16-26(35(3,29)30)18-8-10-19(11-9-18)36(31,32)25-12-14-33-15-13-25/h5-11H,4,12-16H2,1-3H3,(H,24,27).